The van der Waals surface area contributed by atoms with Gasteiger partial charge in [0.1, 0.15) is 12.1 Å². The minimum absolute atomic E-state index is 0.296. The first-order valence-corrected chi connectivity index (χ1v) is 7.51. The molecule has 0 unspecified atom stereocenters. The summed E-state index contributed by atoms with van der Waals surface area (Å²) in [4.78, 5) is 20.3. The van der Waals surface area contributed by atoms with Crippen LogP contribution in [-0.2, 0) is 0 Å². The Labute approximate surface area is 142 Å². The number of aromatic nitrogens is 4. The molecular formula is C18H12FN5O. The molecule has 0 saturated heterocycles. The van der Waals surface area contributed by atoms with Crippen molar-refractivity contribution in [3.63, 3.8) is 0 Å². The molecule has 0 fully saturated rings. The monoisotopic (exact) mass is 333 g/mol. The van der Waals surface area contributed by atoms with E-state index in [4.69, 9.17) is 0 Å². The number of halogens is 1. The van der Waals surface area contributed by atoms with Crippen LogP contribution in [0.15, 0.2) is 67.4 Å². The quantitative estimate of drug-likeness (QED) is 0.625. The van der Waals surface area contributed by atoms with E-state index in [0.29, 0.717) is 28.0 Å². The maximum atomic E-state index is 13.9. The summed E-state index contributed by atoms with van der Waals surface area (Å²) in [5, 5.41) is 6.83. The minimum atomic E-state index is -0.434. The number of nitrogens with zero attached hydrogens (tertiary/aromatic N) is 4. The molecule has 3 heterocycles. The van der Waals surface area contributed by atoms with Crippen molar-refractivity contribution in [2.24, 2.45) is 0 Å². The van der Waals surface area contributed by atoms with E-state index in [1.165, 1.54) is 12.5 Å². The molecule has 1 aromatic carbocycles. The number of amides is 1. The van der Waals surface area contributed by atoms with Crippen molar-refractivity contribution in [3.8, 4) is 11.1 Å². The average molecular weight is 333 g/mol. The molecule has 6 nitrogen and oxygen atoms in total. The van der Waals surface area contributed by atoms with Gasteiger partial charge in [-0.3, -0.25) is 9.78 Å². The molecule has 122 valence electrons. The number of hydrogen-bond acceptors (Lipinski definition) is 4. The number of rotatable bonds is 3. The number of fused-ring (bicyclic) bond motifs is 1. The Morgan fingerprint density at radius 1 is 1.16 bits per heavy atom. The van der Waals surface area contributed by atoms with Crippen LogP contribution in [0.25, 0.3) is 16.8 Å². The molecule has 0 radical (unpaired) electrons. The van der Waals surface area contributed by atoms with Crippen LogP contribution >= 0.6 is 0 Å². The Hall–Kier alpha value is -3.61. The Kier molecular flexibility index (Phi) is 3.66. The standard InChI is InChI=1S/C18H12FN5O/c19-16-9-20-7-6-15(16)12-2-1-3-13(8-12)18(25)23-14-4-5-17-21-11-22-24(17)10-14/h1-11H,(H,23,25). The predicted octanol–water partition coefficient (Wildman–Crippen LogP) is 3.18. The Morgan fingerprint density at radius 3 is 2.96 bits per heavy atom. The smallest absolute Gasteiger partial charge is 0.255 e. The summed E-state index contributed by atoms with van der Waals surface area (Å²) in [7, 11) is 0. The van der Waals surface area contributed by atoms with Crippen molar-refractivity contribution in [2.45, 2.75) is 0 Å². The molecule has 7 heteroatoms. The highest BCUT2D eigenvalue weighted by Gasteiger charge is 2.10. The normalized spacial score (nSPS) is 10.8. The van der Waals surface area contributed by atoms with Crippen LogP contribution in [0.4, 0.5) is 10.1 Å². The van der Waals surface area contributed by atoms with Crippen LogP contribution in [-0.4, -0.2) is 25.5 Å². The second-order valence-corrected chi connectivity index (χ2v) is 5.37. The molecule has 0 aliphatic heterocycles. The Balaban J connectivity index is 1.62. The molecule has 1 amide bonds. The van der Waals surface area contributed by atoms with Gasteiger partial charge in [-0.25, -0.2) is 13.9 Å². The zero-order valence-electron chi connectivity index (χ0n) is 12.9. The first-order valence-electron chi connectivity index (χ1n) is 7.51. The number of anilines is 1. The molecule has 0 bridgehead atoms. The van der Waals surface area contributed by atoms with Gasteiger partial charge in [-0.15, -0.1) is 0 Å². The largest absolute Gasteiger partial charge is 0.321 e. The van der Waals surface area contributed by atoms with Crippen molar-refractivity contribution < 1.29 is 9.18 Å². The maximum Gasteiger partial charge on any atom is 0.255 e. The third-order valence-corrected chi connectivity index (χ3v) is 3.74. The zero-order valence-corrected chi connectivity index (χ0v) is 12.9. The van der Waals surface area contributed by atoms with Gasteiger partial charge in [-0.05, 0) is 35.9 Å². The van der Waals surface area contributed by atoms with Crippen molar-refractivity contribution in [1.29, 1.82) is 0 Å². The van der Waals surface area contributed by atoms with Crippen LogP contribution < -0.4 is 5.32 Å². The van der Waals surface area contributed by atoms with Gasteiger partial charge in [-0.1, -0.05) is 12.1 Å². The summed E-state index contributed by atoms with van der Waals surface area (Å²) in [5.74, 6) is -0.729. The highest BCUT2D eigenvalue weighted by Crippen LogP contribution is 2.23. The molecule has 1 N–H and O–H groups in total. The van der Waals surface area contributed by atoms with E-state index in [9.17, 15) is 9.18 Å². The van der Waals surface area contributed by atoms with Crippen LogP contribution in [0, 0.1) is 5.82 Å². The van der Waals surface area contributed by atoms with Gasteiger partial charge in [0.25, 0.3) is 5.91 Å². The number of carbonyl (C=O) groups excluding carboxylic acids is 1. The fraction of sp³-hybridized carbons (Fsp3) is 0. The van der Waals surface area contributed by atoms with Gasteiger partial charge < -0.3 is 5.32 Å². The summed E-state index contributed by atoms with van der Waals surface area (Å²) < 4.78 is 15.5. The number of benzene rings is 1. The third-order valence-electron chi connectivity index (χ3n) is 3.74. The lowest BCUT2D eigenvalue weighted by atomic mass is 10.0. The van der Waals surface area contributed by atoms with Gasteiger partial charge in [-0.2, -0.15) is 5.10 Å². The van der Waals surface area contributed by atoms with Crippen molar-refractivity contribution >= 4 is 17.2 Å². The van der Waals surface area contributed by atoms with Gasteiger partial charge in [0, 0.05) is 17.3 Å². The summed E-state index contributed by atoms with van der Waals surface area (Å²) in [5.41, 5.74) is 2.71. The fourth-order valence-electron chi connectivity index (χ4n) is 2.53. The molecule has 0 atom stereocenters. The van der Waals surface area contributed by atoms with Gasteiger partial charge >= 0.3 is 0 Å². The number of nitrogens with one attached hydrogen (secondary N) is 1. The van der Waals surface area contributed by atoms with Gasteiger partial charge in [0.05, 0.1) is 18.1 Å². The van der Waals surface area contributed by atoms with Crippen LogP contribution in [0.2, 0.25) is 0 Å². The second-order valence-electron chi connectivity index (χ2n) is 5.37. The summed E-state index contributed by atoms with van der Waals surface area (Å²) in [6.45, 7) is 0. The lowest BCUT2D eigenvalue weighted by Crippen LogP contribution is -2.12. The summed E-state index contributed by atoms with van der Waals surface area (Å²) >= 11 is 0. The average Bonchev–Trinajstić information content (AvgIpc) is 3.10. The second kappa shape index (κ2) is 6.12. The summed E-state index contributed by atoms with van der Waals surface area (Å²) in [6.07, 6.45) is 5.77. The lowest BCUT2D eigenvalue weighted by molar-refractivity contribution is 0.102. The Bertz CT molecular complexity index is 1080. The molecule has 3 aromatic heterocycles. The van der Waals surface area contributed by atoms with Crippen LogP contribution in [0.3, 0.4) is 0 Å². The van der Waals surface area contributed by atoms with Crippen molar-refractivity contribution in [2.75, 3.05) is 5.32 Å². The highest BCUT2D eigenvalue weighted by atomic mass is 19.1. The number of carbonyl (C=O) groups is 1. The number of hydrogen-bond donors (Lipinski definition) is 1. The highest BCUT2D eigenvalue weighted by molar-refractivity contribution is 6.04. The molecule has 4 rings (SSSR count). The van der Waals surface area contributed by atoms with Crippen molar-refractivity contribution in [3.05, 3.63) is 78.8 Å². The minimum Gasteiger partial charge on any atom is -0.321 e. The Morgan fingerprint density at radius 2 is 2.08 bits per heavy atom. The fourth-order valence-corrected chi connectivity index (χ4v) is 2.53. The van der Waals surface area contributed by atoms with Crippen LogP contribution in [0.1, 0.15) is 10.4 Å². The molecular weight excluding hydrogens is 321 g/mol. The molecule has 0 aliphatic carbocycles. The molecule has 4 aromatic rings. The first-order chi connectivity index (χ1) is 12.2. The SMILES string of the molecule is O=C(Nc1ccc2ncnn2c1)c1cccc(-c2ccncc2F)c1. The van der Waals surface area contributed by atoms with E-state index in [1.807, 2.05) is 0 Å². The molecule has 25 heavy (non-hydrogen) atoms. The molecule has 0 aliphatic rings. The van der Waals surface area contributed by atoms with Gasteiger partial charge in [0.2, 0.25) is 0 Å². The molecule has 0 saturated carbocycles. The topological polar surface area (TPSA) is 72.2 Å². The van der Waals surface area contributed by atoms with E-state index in [2.05, 4.69) is 20.4 Å². The summed E-state index contributed by atoms with van der Waals surface area (Å²) in [6, 6.07) is 11.8. The van der Waals surface area contributed by atoms with Crippen LogP contribution in [0.5, 0.6) is 0 Å². The van der Waals surface area contributed by atoms with E-state index < -0.39 is 5.82 Å². The van der Waals surface area contributed by atoms with Crippen molar-refractivity contribution in [1.82, 2.24) is 19.6 Å². The van der Waals surface area contributed by atoms with E-state index in [0.717, 1.165) is 6.20 Å². The maximum absolute atomic E-state index is 13.9. The van der Waals surface area contributed by atoms with E-state index in [-0.39, 0.29) is 5.91 Å². The third kappa shape index (κ3) is 2.94. The van der Waals surface area contributed by atoms with E-state index in [1.54, 1.807) is 53.2 Å². The van der Waals surface area contributed by atoms with Gasteiger partial charge in [0.15, 0.2) is 5.65 Å². The predicted molar refractivity (Wildman–Crippen MR) is 90.6 cm³/mol. The number of pyridine rings is 2. The van der Waals surface area contributed by atoms with E-state index >= 15 is 0 Å². The lowest BCUT2D eigenvalue weighted by Gasteiger charge is -2.08. The first kappa shape index (κ1) is 14.9. The molecule has 0 spiro atoms. The zero-order chi connectivity index (χ0) is 17.2.